The number of hydrogen-bond acceptors (Lipinski definition) is 3. The predicted molar refractivity (Wildman–Crippen MR) is 65.0 cm³/mol. The minimum absolute atomic E-state index is 0.0126. The molecule has 2 saturated heterocycles. The molecule has 2 aliphatic heterocycles. The number of ether oxygens (including phenoxy) is 1. The highest BCUT2D eigenvalue weighted by Crippen LogP contribution is 2.30. The minimum Gasteiger partial charge on any atom is -0.481 e. The molecular weight excluding hydrogens is 234 g/mol. The first-order chi connectivity index (χ1) is 8.50. The molecule has 18 heavy (non-hydrogen) atoms. The molecule has 1 amide bonds. The highest BCUT2D eigenvalue weighted by molar-refractivity contribution is 5.81. The Morgan fingerprint density at radius 3 is 2.61 bits per heavy atom. The van der Waals surface area contributed by atoms with Crippen LogP contribution in [0.2, 0.25) is 0 Å². The largest absolute Gasteiger partial charge is 0.481 e. The van der Waals surface area contributed by atoms with Gasteiger partial charge in [-0.25, -0.2) is 0 Å². The Morgan fingerprint density at radius 2 is 2.06 bits per heavy atom. The van der Waals surface area contributed by atoms with Crippen molar-refractivity contribution in [1.29, 1.82) is 0 Å². The Balaban J connectivity index is 1.98. The van der Waals surface area contributed by atoms with Crippen LogP contribution in [0.25, 0.3) is 0 Å². The van der Waals surface area contributed by atoms with E-state index in [-0.39, 0.29) is 17.9 Å². The first-order valence-electron chi connectivity index (χ1n) is 6.64. The van der Waals surface area contributed by atoms with Crippen LogP contribution in [0.1, 0.15) is 26.7 Å². The maximum Gasteiger partial charge on any atom is 0.308 e. The summed E-state index contributed by atoms with van der Waals surface area (Å²) in [6, 6.07) is 0. The Morgan fingerprint density at radius 1 is 1.33 bits per heavy atom. The second kappa shape index (κ2) is 5.26. The highest BCUT2D eigenvalue weighted by Gasteiger charge is 2.40. The van der Waals surface area contributed by atoms with E-state index < -0.39 is 11.9 Å². The minimum atomic E-state index is -0.798. The van der Waals surface area contributed by atoms with E-state index in [4.69, 9.17) is 9.84 Å². The molecule has 0 aromatic rings. The first-order valence-corrected chi connectivity index (χ1v) is 6.64. The third kappa shape index (κ3) is 2.51. The van der Waals surface area contributed by atoms with Crippen LogP contribution < -0.4 is 0 Å². The molecule has 3 atom stereocenters. The van der Waals surface area contributed by atoms with Gasteiger partial charge in [0.1, 0.15) is 0 Å². The second-order valence-corrected chi connectivity index (χ2v) is 5.58. The van der Waals surface area contributed by atoms with Crippen molar-refractivity contribution in [1.82, 2.24) is 4.90 Å². The van der Waals surface area contributed by atoms with Crippen LogP contribution in [0, 0.1) is 17.8 Å². The van der Waals surface area contributed by atoms with E-state index in [9.17, 15) is 9.59 Å². The molecule has 2 aliphatic rings. The third-order valence-electron chi connectivity index (χ3n) is 3.96. The normalized spacial score (nSPS) is 32.2. The molecule has 102 valence electrons. The molecule has 1 N–H and O–H groups in total. The molecular formula is C13H21NO4. The average Bonchev–Trinajstić information content (AvgIpc) is 2.97. The number of carboxylic acids is 1. The van der Waals surface area contributed by atoms with Crippen molar-refractivity contribution in [2.24, 2.45) is 17.8 Å². The smallest absolute Gasteiger partial charge is 0.308 e. The van der Waals surface area contributed by atoms with Crippen molar-refractivity contribution >= 4 is 11.9 Å². The van der Waals surface area contributed by atoms with Gasteiger partial charge in [-0.15, -0.1) is 0 Å². The van der Waals surface area contributed by atoms with Crippen LogP contribution >= 0.6 is 0 Å². The standard InChI is InChI=1S/C13H21NO4/c1-8(2)11-10(4-6-18-11)12(15)14-5-3-9(7-14)13(16)17/h8-11H,3-7H2,1-2H3,(H,16,17). The Hall–Kier alpha value is -1.10. The van der Waals surface area contributed by atoms with Crippen molar-refractivity contribution in [3.63, 3.8) is 0 Å². The zero-order valence-electron chi connectivity index (χ0n) is 11.0. The molecule has 0 spiro atoms. The highest BCUT2D eigenvalue weighted by atomic mass is 16.5. The van der Waals surface area contributed by atoms with Gasteiger partial charge >= 0.3 is 5.97 Å². The molecule has 0 aromatic carbocycles. The Bertz CT molecular complexity index is 342. The Labute approximate surface area is 107 Å². The second-order valence-electron chi connectivity index (χ2n) is 5.58. The number of amides is 1. The van der Waals surface area contributed by atoms with Crippen LogP contribution in [-0.4, -0.2) is 47.7 Å². The van der Waals surface area contributed by atoms with Crippen LogP contribution in [-0.2, 0) is 14.3 Å². The fourth-order valence-corrected chi connectivity index (χ4v) is 2.93. The summed E-state index contributed by atoms with van der Waals surface area (Å²) < 4.78 is 5.62. The van der Waals surface area contributed by atoms with Crippen LogP contribution in [0.4, 0.5) is 0 Å². The topological polar surface area (TPSA) is 66.8 Å². The SMILES string of the molecule is CC(C)C1OCCC1C(=O)N1CCC(C(=O)O)C1. The maximum absolute atomic E-state index is 12.4. The number of rotatable bonds is 3. The number of carbonyl (C=O) groups is 2. The quantitative estimate of drug-likeness (QED) is 0.816. The number of hydrogen-bond donors (Lipinski definition) is 1. The van der Waals surface area contributed by atoms with Crippen LogP contribution in [0.3, 0.4) is 0 Å². The molecule has 2 fully saturated rings. The summed E-state index contributed by atoms with van der Waals surface area (Å²) in [5.41, 5.74) is 0. The molecule has 0 radical (unpaired) electrons. The number of carbonyl (C=O) groups excluding carboxylic acids is 1. The molecule has 0 aliphatic carbocycles. The van der Waals surface area contributed by atoms with E-state index in [1.54, 1.807) is 4.90 Å². The number of aliphatic carboxylic acids is 1. The third-order valence-corrected chi connectivity index (χ3v) is 3.96. The summed E-state index contributed by atoms with van der Waals surface area (Å²) in [5, 5.41) is 8.96. The first kappa shape index (κ1) is 13.3. The molecule has 0 saturated carbocycles. The molecule has 0 bridgehead atoms. The van der Waals surface area contributed by atoms with Crippen molar-refractivity contribution in [2.45, 2.75) is 32.8 Å². The van der Waals surface area contributed by atoms with Crippen molar-refractivity contribution in [2.75, 3.05) is 19.7 Å². The van der Waals surface area contributed by atoms with Gasteiger partial charge in [0, 0.05) is 19.7 Å². The summed E-state index contributed by atoms with van der Waals surface area (Å²) >= 11 is 0. The molecule has 5 nitrogen and oxygen atoms in total. The number of likely N-dealkylation sites (tertiary alicyclic amines) is 1. The van der Waals surface area contributed by atoms with Gasteiger partial charge in [0.05, 0.1) is 17.9 Å². The predicted octanol–water partition coefficient (Wildman–Crippen LogP) is 0.981. The zero-order chi connectivity index (χ0) is 13.3. The molecule has 2 heterocycles. The van der Waals surface area contributed by atoms with Gasteiger partial charge in [-0.1, -0.05) is 13.8 Å². The molecule has 2 rings (SSSR count). The van der Waals surface area contributed by atoms with Gasteiger partial charge in [0.15, 0.2) is 0 Å². The summed E-state index contributed by atoms with van der Waals surface area (Å²) in [6.07, 6.45) is 1.32. The van der Waals surface area contributed by atoms with Crippen molar-refractivity contribution < 1.29 is 19.4 Å². The Kier molecular flexibility index (Phi) is 3.90. The van der Waals surface area contributed by atoms with Crippen LogP contribution in [0.5, 0.6) is 0 Å². The van der Waals surface area contributed by atoms with Gasteiger partial charge in [-0.05, 0) is 18.8 Å². The van der Waals surface area contributed by atoms with E-state index in [1.165, 1.54) is 0 Å². The molecule has 3 unspecified atom stereocenters. The summed E-state index contributed by atoms with van der Waals surface area (Å²) in [7, 11) is 0. The van der Waals surface area contributed by atoms with E-state index in [2.05, 4.69) is 13.8 Å². The number of carboxylic acid groups (broad SMARTS) is 1. The van der Waals surface area contributed by atoms with Crippen LogP contribution in [0.15, 0.2) is 0 Å². The lowest BCUT2D eigenvalue weighted by Gasteiger charge is -2.25. The average molecular weight is 255 g/mol. The lowest BCUT2D eigenvalue weighted by Crippen LogP contribution is -2.40. The fourth-order valence-electron chi connectivity index (χ4n) is 2.93. The van der Waals surface area contributed by atoms with Gasteiger partial charge < -0.3 is 14.7 Å². The van der Waals surface area contributed by atoms with Gasteiger partial charge in [0.2, 0.25) is 5.91 Å². The van der Waals surface area contributed by atoms with Crippen molar-refractivity contribution in [3.05, 3.63) is 0 Å². The lowest BCUT2D eigenvalue weighted by molar-refractivity contribution is -0.142. The molecule has 5 heteroatoms. The zero-order valence-corrected chi connectivity index (χ0v) is 11.0. The van der Waals surface area contributed by atoms with Gasteiger partial charge in [-0.3, -0.25) is 9.59 Å². The van der Waals surface area contributed by atoms with Crippen molar-refractivity contribution in [3.8, 4) is 0 Å². The monoisotopic (exact) mass is 255 g/mol. The number of nitrogens with zero attached hydrogens (tertiary/aromatic N) is 1. The summed E-state index contributed by atoms with van der Waals surface area (Å²) in [4.78, 5) is 25.0. The van der Waals surface area contributed by atoms with E-state index >= 15 is 0 Å². The van der Waals surface area contributed by atoms with Gasteiger partial charge in [0.25, 0.3) is 0 Å². The lowest BCUT2D eigenvalue weighted by atomic mass is 9.92. The summed E-state index contributed by atoms with van der Waals surface area (Å²) in [6.45, 7) is 5.67. The van der Waals surface area contributed by atoms with E-state index in [1.807, 2.05) is 0 Å². The molecule has 0 aromatic heterocycles. The fraction of sp³-hybridized carbons (Fsp3) is 0.846. The summed E-state index contributed by atoms with van der Waals surface area (Å²) in [5.74, 6) is -0.881. The maximum atomic E-state index is 12.4. The van der Waals surface area contributed by atoms with E-state index in [0.29, 0.717) is 32.0 Å². The van der Waals surface area contributed by atoms with E-state index in [0.717, 1.165) is 6.42 Å². The van der Waals surface area contributed by atoms with Gasteiger partial charge in [-0.2, -0.15) is 0 Å².